The Balaban J connectivity index is 2.57. The van der Waals surface area contributed by atoms with E-state index in [1.807, 2.05) is 0 Å². The SMILES string of the molecule is CC(C)(CCO)CNCc1ccc([N+](=O)[O-])cc1Br. The monoisotopic (exact) mass is 330 g/mol. The summed E-state index contributed by atoms with van der Waals surface area (Å²) in [6.45, 7) is 5.75. The molecule has 0 radical (unpaired) electrons. The van der Waals surface area contributed by atoms with Gasteiger partial charge in [-0.25, -0.2) is 0 Å². The Morgan fingerprint density at radius 3 is 2.68 bits per heavy atom. The second-order valence-electron chi connectivity index (χ2n) is 5.27. The second kappa shape index (κ2) is 6.98. The van der Waals surface area contributed by atoms with Gasteiger partial charge in [-0.3, -0.25) is 10.1 Å². The molecular weight excluding hydrogens is 312 g/mol. The summed E-state index contributed by atoms with van der Waals surface area (Å²) in [4.78, 5) is 10.2. The summed E-state index contributed by atoms with van der Waals surface area (Å²) in [6, 6.07) is 4.75. The lowest BCUT2D eigenvalue weighted by atomic mass is 9.90. The van der Waals surface area contributed by atoms with E-state index in [0.29, 0.717) is 6.54 Å². The van der Waals surface area contributed by atoms with Gasteiger partial charge in [0.1, 0.15) is 0 Å². The van der Waals surface area contributed by atoms with Gasteiger partial charge in [-0.1, -0.05) is 29.8 Å². The quantitative estimate of drug-likeness (QED) is 0.595. The zero-order valence-corrected chi connectivity index (χ0v) is 12.7. The number of nitro benzene ring substituents is 1. The highest BCUT2D eigenvalue weighted by atomic mass is 79.9. The molecule has 0 aliphatic carbocycles. The molecule has 0 atom stereocenters. The minimum atomic E-state index is -0.410. The lowest BCUT2D eigenvalue weighted by Gasteiger charge is -2.24. The number of halogens is 1. The standard InChI is InChI=1S/C13H19BrN2O3/c1-13(2,5-6-17)9-15-8-10-3-4-11(16(18)19)7-12(10)14/h3-4,7,15,17H,5-6,8-9H2,1-2H3. The molecule has 5 nitrogen and oxygen atoms in total. The second-order valence-corrected chi connectivity index (χ2v) is 6.13. The van der Waals surface area contributed by atoms with E-state index in [-0.39, 0.29) is 17.7 Å². The number of hydrogen-bond acceptors (Lipinski definition) is 4. The summed E-state index contributed by atoms with van der Waals surface area (Å²) in [7, 11) is 0. The van der Waals surface area contributed by atoms with Gasteiger partial charge in [0, 0.05) is 36.3 Å². The third-order valence-corrected chi connectivity index (χ3v) is 3.69. The first-order valence-electron chi connectivity index (χ1n) is 6.10. The van der Waals surface area contributed by atoms with Crippen LogP contribution in [0, 0.1) is 15.5 Å². The smallest absolute Gasteiger partial charge is 0.270 e. The summed E-state index contributed by atoms with van der Waals surface area (Å²) in [6.07, 6.45) is 0.738. The molecule has 19 heavy (non-hydrogen) atoms. The molecule has 0 amide bonds. The van der Waals surface area contributed by atoms with Crippen LogP contribution in [0.1, 0.15) is 25.8 Å². The maximum atomic E-state index is 10.6. The number of aliphatic hydroxyl groups excluding tert-OH is 1. The number of benzene rings is 1. The Labute approximate surface area is 121 Å². The normalized spacial score (nSPS) is 11.6. The summed E-state index contributed by atoms with van der Waals surface area (Å²) in [5, 5.41) is 22.9. The average molecular weight is 331 g/mol. The minimum Gasteiger partial charge on any atom is -0.396 e. The molecule has 0 bridgehead atoms. The molecule has 0 aliphatic rings. The molecule has 0 aliphatic heterocycles. The Hall–Kier alpha value is -0.980. The molecule has 0 heterocycles. The number of hydrogen-bond donors (Lipinski definition) is 2. The van der Waals surface area contributed by atoms with Crippen molar-refractivity contribution in [3.63, 3.8) is 0 Å². The largest absolute Gasteiger partial charge is 0.396 e. The Bertz CT molecular complexity index is 450. The number of nitrogens with zero attached hydrogens (tertiary/aromatic N) is 1. The first kappa shape index (κ1) is 16.1. The number of nitrogens with one attached hydrogen (secondary N) is 1. The molecule has 0 spiro atoms. The Kier molecular flexibility index (Phi) is 5.90. The minimum absolute atomic E-state index is 0.0298. The molecule has 106 valence electrons. The van der Waals surface area contributed by atoms with Gasteiger partial charge in [0.2, 0.25) is 0 Å². The molecule has 1 aromatic carbocycles. The zero-order valence-electron chi connectivity index (χ0n) is 11.1. The summed E-state index contributed by atoms with van der Waals surface area (Å²) >= 11 is 3.34. The van der Waals surface area contributed by atoms with E-state index >= 15 is 0 Å². The van der Waals surface area contributed by atoms with E-state index in [9.17, 15) is 10.1 Å². The average Bonchev–Trinajstić information content (AvgIpc) is 2.30. The Morgan fingerprint density at radius 1 is 1.47 bits per heavy atom. The fourth-order valence-corrected chi connectivity index (χ4v) is 2.23. The van der Waals surface area contributed by atoms with Gasteiger partial charge in [-0.15, -0.1) is 0 Å². The van der Waals surface area contributed by atoms with Crippen molar-refractivity contribution in [2.24, 2.45) is 5.41 Å². The van der Waals surface area contributed by atoms with Crippen LogP contribution in [0.25, 0.3) is 0 Å². The zero-order chi connectivity index (χ0) is 14.5. The van der Waals surface area contributed by atoms with E-state index in [0.717, 1.165) is 23.0 Å². The van der Waals surface area contributed by atoms with E-state index in [2.05, 4.69) is 35.1 Å². The lowest BCUT2D eigenvalue weighted by molar-refractivity contribution is -0.384. The molecule has 1 rings (SSSR count). The first-order chi connectivity index (χ1) is 8.85. The van der Waals surface area contributed by atoms with Crippen molar-refractivity contribution in [2.45, 2.75) is 26.8 Å². The third-order valence-electron chi connectivity index (χ3n) is 2.96. The van der Waals surface area contributed by atoms with Crippen LogP contribution >= 0.6 is 15.9 Å². The fourth-order valence-electron chi connectivity index (χ4n) is 1.72. The highest BCUT2D eigenvalue weighted by Gasteiger charge is 2.16. The predicted molar refractivity (Wildman–Crippen MR) is 78.0 cm³/mol. The lowest BCUT2D eigenvalue weighted by Crippen LogP contribution is -2.30. The molecule has 0 aromatic heterocycles. The molecule has 1 aromatic rings. The molecular formula is C13H19BrN2O3. The first-order valence-corrected chi connectivity index (χ1v) is 6.89. The number of nitro groups is 1. The van der Waals surface area contributed by atoms with Gasteiger partial charge < -0.3 is 10.4 Å². The van der Waals surface area contributed by atoms with E-state index in [1.54, 1.807) is 6.07 Å². The fraction of sp³-hybridized carbons (Fsp3) is 0.538. The molecule has 0 saturated carbocycles. The topological polar surface area (TPSA) is 75.4 Å². The third kappa shape index (κ3) is 5.26. The van der Waals surface area contributed by atoms with Crippen LogP contribution in [-0.2, 0) is 6.54 Å². The van der Waals surface area contributed by atoms with E-state index < -0.39 is 4.92 Å². The Morgan fingerprint density at radius 2 is 2.16 bits per heavy atom. The van der Waals surface area contributed by atoms with Crippen molar-refractivity contribution < 1.29 is 10.0 Å². The number of aliphatic hydroxyl groups is 1. The summed E-state index contributed by atoms with van der Waals surface area (Å²) in [5.74, 6) is 0. The van der Waals surface area contributed by atoms with Crippen molar-refractivity contribution in [1.29, 1.82) is 0 Å². The van der Waals surface area contributed by atoms with Gasteiger partial charge in [0.25, 0.3) is 5.69 Å². The maximum absolute atomic E-state index is 10.6. The van der Waals surface area contributed by atoms with E-state index in [4.69, 9.17) is 5.11 Å². The van der Waals surface area contributed by atoms with Gasteiger partial charge in [-0.2, -0.15) is 0 Å². The highest BCUT2D eigenvalue weighted by Crippen LogP contribution is 2.23. The van der Waals surface area contributed by atoms with Crippen molar-refractivity contribution in [3.8, 4) is 0 Å². The molecule has 6 heteroatoms. The highest BCUT2D eigenvalue weighted by molar-refractivity contribution is 9.10. The van der Waals surface area contributed by atoms with Crippen LogP contribution in [0.3, 0.4) is 0 Å². The van der Waals surface area contributed by atoms with Crippen LogP contribution in [0.2, 0.25) is 0 Å². The molecule has 0 saturated heterocycles. The van der Waals surface area contributed by atoms with Crippen molar-refractivity contribution in [3.05, 3.63) is 38.3 Å². The van der Waals surface area contributed by atoms with Crippen molar-refractivity contribution in [2.75, 3.05) is 13.2 Å². The molecule has 0 unspecified atom stereocenters. The van der Waals surface area contributed by atoms with E-state index in [1.165, 1.54) is 12.1 Å². The van der Waals surface area contributed by atoms with Crippen LogP contribution < -0.4 is 5.32 Å². The number of rotatable bonds is 7. The summed E-state index contributed by atoms with van der Waals surface area (Å²) < 4.78 is 0.731. The van der Waals surface area contributed by atoms with Crippen LogP contribution in [0.5, 0.6) is 0 Å². The maximum Gasteiger partial charge on any atom is 0.270 e. The van der Waals surface area contributed by atoms with Gasteiger partial charge in [0.15, 0.2) is 0 Å². The molecule has 2 N–H and O–H groups in total. The predicted octanol–water partition coefficient (Wildman–Crippen LogP) is 2.86. The van der Waals surface area contributed by atoms with Crippen molar-refractivity contribution >= 4 is 21.6 Å². The van der Waals surface area contributed by atoms with Crippen LogP contribution in [0.15, 0.2) is 22.7 Å². The summed E-state index contributed by atoms with van der Waals surface area (Å²) in [5.41, 5.74) is 1.09. The van der Waals surface area contributed by atoms with Gasteiger partial charge in [-0.05, 0) is 23.5 Å². The van der Waals surface area contributed by atoms with Gasteiger partial charge >= 0.3 is 0 Å². The molecule has 0 fully saturated rings. The number of non-ortho nitro benzene ring substituents is 1. The van der Waals surface area contributed by atoms with Gasteiger partial charge in [0.05, 0.1) is 4.92 Å². The van der Waals surface area contributed by atoms with Crippen molar-refractivity contribution in [1.82, 2.24) is 5.32 Å². The van der Waals surface area contributed by atoms with Crippen LogP contribution in [-0.4, -0.2) is 23.2 Å². The van der Waals surface area contributed by atoms with Crippen LogP contribution in [0.4, 0.5) is 5.69 Å².